The van der Waals surface area contributed by atoms with Gasteiger partial charge in [-0.05, 0) is 47.6 Å². The number of benzene rings is 1. The van der Waals surface area contributed by atoms with Gasteiger partial charge in [-0.1, -0.05) is 20.8 Å². The lowest BCUT2D eigenvalue weighted by molar-refractivity contribution is 0.0939. The van der Waals surface area contributed by atoms with Crippen molar-refractivity contribution in [3.63, 3.8) is 0 Å². The van der Waals surface area contributed by atoms with Crippen molar-refractivity contribution in [3.8, 4) is 11.4 Å². The van der Waals surface area contributed by atoms with Gasteiger partial charge in [0, 0.05) is 23.0 Å². The van der Waals surface area contributed by atoms with Gasteiger partial charge in [-0.15, -0.1) is 0 Å². The molecule has 0 unspecified atom stereocenters. The molecule has 0 spiro atoms. The Morgan fingerprint density at radius 2 is 2.08 bits per heavy atom. The third-order valence-electron chi connectivity index (χ3n) is 4.56. The number of aryl methyl sites for hydroxylation is 2. The number of H-pyrrole nitrogens is 2. The number of rotatable bonds is 2. The fourth-order valence-corrected chi connectivity index (χ4v) is 3.29. The summed E-state index contributed by atoms with van der Waals surface area (Å²) in [5.74, 6) is -0.0141. The molecular weight excluding hydrogens is 300 g/mol. The Morgan fingerprint density at radius 1 is 1.25 bits per heavy atom. The summed E-state index contributed by atoms with van der Waals surface area (Å²) in [7, 11) is 0. The second kappa shape index (κ2) is 5.23. The normalized spacial score (nSPS) is 13.6. The molecule has 3 aromatic rings. The monoisotopic (exact) mass is 322 g/mol. The maximum absolute atomic E-state index is 12.4. The maximum Gasteiger partial charge on any atom is 0.251 e. The van der Waals surface area contributed by atoms with E-state index in [1.807, 2.05) is 24.4 Å². The Hall–Kier alpha value is -2.56. The van der Waals surface area contributed by atoms with Crippen LogP contribution in [0.4, 0.5) is 0 Å². The third kappa shape index (κ3) is 2.50. The van der Waals surface area contributed by atoms with Crippen LogP contribution in [0.5, 0.6) is 0 Å². The van der Waals surface area contributed by atoms with Gasteiger partial charge in [0.2, 0.25) is 0 Å². The highest BCUT2D eigenvalue weighted by atomic mass is 16.1. The Kier molecular flexibility index (Phi) is 3.27. The quantitative estimate of drug-likeness (QED) is 0.676. The molecule has 5 heteroatoms. The van der Waals surface area contributed by atoms with Gasteiger partial charge in [0.25, 0.3) is 5.91 Å². The third-order valence-corrected chi connectivity index (χ3v) is 4.56. The van der Waals surface area contributed by atoms with E-state index in [0.717, 1.165) is 35.1 Å². The lowest BCUT2D eigenvalue weighted by Crippen LogP contribution is -2.32. The molecule has 0 fully saturated rings. The minimum atomic E-state index is -0.0141. The Labute approximate surface area is 140 Å². The minimum Gasteiger partial charge on any atom is -0.353 e. The van der Waals surface area contributed by atoms with Crippen LogP contribution in [-0.4, -0.2) is 27.6 Å². The number of hydrogen-bond acceptors (Lipinski definition) is 2. The molecule has 0 bridgehead atoms. The first-order chi connectivity index (χ1) is 11.4. The van der Waals surface area contributed by atoms with Crippen molar-refractivity contribution in [2.24, 2.45) is 5.41 Å². The van der Waals surface area contributed by atoms with Crippen LogP contribution in [0.1, 0.15) is 42.3 Å². The number of carbonyl (C=O) groups is 1. The Morgan fingerprint density at radius 3 is 2.88 bits per heavy atom. The summed E-state index contributed by atoms with van der Waals surface area (Å²) in [5, 5.41) is 11.4. The van der Waals surface area contributed by atoms with Crippen molar-refractivity contribution in [3.05, 3.63) is 41.1 Å². The summed E-state index contributed by atoms with van der Waals surface area (Å²) in [6.07, 6.45) is 3.84. The molecule has 2 aromatic heterocycles. The van der Waals surface area contributed by atoms with Gasteiger partial charge in [0.15, 0.2) is 0 Å². The molecular formula is C19H22N4O. The average molecular weight is 322 g/mol. The molecule has 1 aliphatic carbocycles. The van der Waals surface area contributed by atoms with Crippen LogP contribution in [0.2, 0.25) is 0 Å². The van der Waals surface area contributed by atoms with E-state index >= 15 is 0 Å². The van der Waals surface area contributed by atoms with E-state index in [-0.39, 0.29) is 11.3 Å². The van der Waals surface area contributed by atoms with Gasteiger partial charge in [-0.3, -0.25) is 9.89 Å². The molecule has 124 valence electrons. The summed E-state index contributed by atoms with van der Waals surface area (Å²) < 4.78 is 0. The molecule has 3 N–H and O–H groups in total. The second-order valence-electron chi connectivity index (χ2n) is 7.75. The summed E-state index contributed by atoms with van der Waals surface area (Å²) in [5.41, 5.74) is 6.55. The van der Waals surface area contributed by atoms with Crippen LogP contribution in [0.15, 0.2) is 24.4 Å². The number of carbonyl (C=O) groups excluding carboxylic acids is 1. The zero-order valence-corrected chi connectivity index (χ0v) is 14.3. The number of aromatic amines is 2. The fourth-order valence-electron chi connectivity index (χ4n) is 3.29. The van der Waals surface area contributed by atoms with E-state index in [4.69, 9.17) is 0 Å². The van der Waals surface area contributed by atoms with E-state index in [1.165, 1.54) is 11.1 Å². The summed E-state index contributed by atoms with van der Waals surface area (Å²) in [4.78, 5) is 15.9. The molecule has 0 atom stereocenters. The van der Waals surface area contributed by atoms with Crippen LogP contribution in [0.3, 0.4) is 0 Å². The zero-order valence-electron chi connectivity index (χ0n) is 14.3. The van der Waals surface area contributed by atoms with Gasteiger partial charge in [-0.2, -0.15) is 5.10 Å². The van der Waals surface area contributed by atoms with Crippen LogP contribution in [0.25, 0.3) is 22.3 Å². The van der Waals surface area contributed by atoms with Crippen LogP contribution in [0, 0.1) is 5.41 Å². The molecule has 24 heavy (non-hydrogen) atoms. The van der Waals surface area contributed by atoms with Crippen molar-refractivity contribution in [2.75, 3.05) is 6.54 Å². The minimum absolute atomic E-state index is 0.0141. The topological polar surface area (TPSA) is 73.6 Å². The highest BCUT2D eigenvalue weighted by Crippen LogP contribution is 2.36. The van der Waals surface area contributed by atoms with Crippen molar-refractivity contribution in [2.45, 2.75) is 33.6 Å². The standard InChI is InChI=1S/C19H22N4O/c1-19(2,3)10-20-18(24)11-5-7-15-14(8-11)13-6-4-12-9-21-23-16(12)17(13)22-15/h5,7-9,22H,4,6,10H2,1-3H3,(H,20,24)(H,21,23). The Balaban J connectivity index is 1.71. The maximum atomic E-state index is 12.4. The first-order valence-corrected chi connectivity index (χ1v) is 8.38. The molecule has 2 heterocycles. The molecule has 1 amide bonds. The number of amides is 1. The lowest BCUT2D eigenvalue weighted by atomic mass is 9.93. The van der Waals surface area contributed by atoms with E-state index in [2.05, 4.69) is 41.3 Å². The summed E-state index contributed by atoms with van der Waals surface area (Å²) in [6.45, 7) is 7.00. The molecule has 0 saturated carbocycles. The van der Waals surface area contributed by atoms with Crippen LogP contribution in [-0.2, 0) is 12.8 Å². The fraction of sp³-hybridized carbons (Fsp3) is 0.368. The van der Waals surface area contributed by atoms with Gasteiger partial charge in [-0.25, -0.2) is 0 Å². The molecule has 4 rings (SSSR count). The van der Waals surface area contributed by atoms with Gasteiger partial charge in [0.1, 0.15) is 0 Å². The number of nitrogens with one attached hydrogen (secondary N) is 3. The van der Waals surface area contributed by atoms with Crippen LogP contribution < -0.4 is 5.32 Å². The lowest BCUT2D eigenvalue weighted by Gasteiger charge is -2.18. The smallest absolute Gasteiger partial charge is 0.251 e. The molecule has 0 saturated heterocycles. The number of aromatic nitrogens is 3. The number of fused-ring (bicyclic) bond motifs is 5. The Bertz CT molecular complexity index is 927. The van der Waals surface area contributed by atoms with Crippen molar-refractivity contribution in [1.29, 1.82) is 0 Å². The highest BCUT2D eigenvalue weighted by molar-refractivity contribution is 6.00. The molecule has 0 radical (unpaired) electrons. The molecule has 0 aliphatic heterocycles. The average Bonchev–Trinajstić information content (AvgIpc) is 3.14. The van der Waals surface area contributed by atoms with E-state index in [0.29, 0.717) is 12.1 Å². The molecule has 1 aromatic carbocycles. The van der Waals surface area contributed by atoms with E-state index in [9.17, 15) is 4.79 Å². The van der Waals surface area contributed by atoms with Crippen molar-refractivity contribution in [1.82, 2.24) is 20.5 Å². The summed E-state index contributed by atoms with van der Waals surface area (Å²) in [6, 6.07) is 5.88. The summed E-state index contributed by atoms with van der Waals surface area (Å²) >= 11 is 0. The van der Waals surface area contributed by atoms with E-state index in [1.54, 1.807) is 0 Å². The SMILES string of the molecule is CC(C)(C)CNC(=O)c1ccc2[nH]c3c(c2c1)CCc1cn[nH]c1-3. The largest absolute Gasteiger partial charge is 0.353 e. The first-order valence-electron chi connectivity index (χ1n) is 8.38. The van der Waals surface area contributed by atoms with Gasteiger partial charge >= 0.3 is 0 Å². The van der Waals surface area contributed by atoms with Crippen molar-refractivity contribution >= 4 is 16.8 Å². The molecule has 5 nitrogen and oxygen atoms in total. The van der Waals surface area contributed by atoms with Gasteiger partial charge < -0.3 is 10.3 Å². The van der Waals surface area contributed by atoms with E-state index < -0.39 is 0 Å². The van der Waals surface area contributed by atoms with Crippen LogP contribution >= 0.6 is 0 Å². The number of nitrogens with zero attached hydrogens (tertiary/aromatic N) is 1. The predicted molar refractivity (Wildman–Crippen MR) is 95.1 cm³/mol. The predicted octanol–water partition coefficient (Wildman–Crippen LogP) is 3.43. The highest BCUT2D eigenvalue weighted by Gasteiger charge is 2.23. The zero-order chi connectivity index (χ0) is 16.9. The van der Waals surface area contributed by atoms with Gasteiger partial charge in [0.05, 0.1) is 17.6 Å². The molecule has 1 aliphatic rings. The number of hydrogen-bond donors (Lipinski definition) is 3. The second-order valence-corrected chi connectivity index (χ2v) is 7.75. The van der Waals surface area contributed by atoms with Crippen molar-refractivity contribution < 1.29 is 4.79 Å². The first kappa shape index (κ1) is 15.0.